The number of methoxy groups -OCH3 is 1. The molecule has 0 aliphatic carbocycles. The number of halogens is 1. The third kappa shape index (κ3) is 2.97. The number of aliphatic carboxylic acids is 1. The molecular weight excluding hydrogens is 182 g/mol. The van der Waals surface area contributed by atoms with Crippen LogP contribution in [0.3, 0.4) is 0 Å². The Morgan fingerprint density at radius 3 is 2.83 bits per heavy atom. The maximum atomic E-state index is 10.4. The quantitative estimate of drug-likeness (QED) is 0.672. The molecule has 0 aromatic heterocycles. The van der Waals surface area contributed by atoms with E-state index in [4.69, 9.17) is 9.84 Å². The van der Waals surface area contributed by atoms with Gasteiger partial charge in [0, 0.05) is 13.7 Å². The molecule has 1 aliphatic heterocycles. The molecule has 1 aliphatic rings. The molecule has 0 spiro atoms. The number of carboxylic acid groups (broad SMARTS) is 1. The highest BCUT2D eigenvalue weighted by molar-refractivity contribution is 5.85. The molecule has 72 valence electrons. The average Bonchev–Trinajstić information content (AvgIpc) is 2.37. The predicted molar refractivity (Wildman–Crippen MR) is 46.7 cm³/mol. The molecule has 1 rings (SSSR count). The molecule has 1 fully saturated rings. The molecule has 5 heteroatoms. The molecule has 4 nitrogen and oxygen atoms in total. The molecule has 1 saturated heterocycles. The second-order valence-corrected chi connectivity index (χ2v) is 2.86. The summed E-state index contributed by atoms with van der Waals surface area (Å²) in [5, 5.41) is 11.5. The zero-order valence-corrected chi connectivity index (χ0v) is 7.76. The molecule has 2 atom stereocenters. The van der Waals surface area contributed by atoms with E-state index in [0.29, 0.717) is 18.9 Å². The summed E-state index contributed by atoms with van der Waals surface area (Å²) in [6.07, 6.45) is 0.684. The lowest BCUT2D eigenvalue weighted by Crippen LogP contribution is -2.29. The van der Waals surface area contributed by atoms with E-state index in [-0.39, 0.29) is 18.4 Å². The van der Waals surface area contributed by atoms with Gasteiger partial charge in [-0.15, -0.1) is 12.4 Å². The maximum Gasteiger partial charge on any atom is 0.320 e. The van der Waals surface area contributed by atoms with E-state index in [2.05, 4.69) is 5.32 Å². The van der Waals surface area contributed by atoms with Crippen molar-refractivity contribution in [1.82, 2.24) is 5.32 Å². The number of carbonyl (C=O) groups is 1. The summed E-state index contributed by atoms with van der Waals surface area (Å²) in [4.78, 5) is 10.4. The minimum Gasteiger partial charge on any atom is -0.480 e. The van der Waals surface area contributed by atoms with Crippen LogP contribution in [0.2, 0.25) is 0 Å². The fourth-order valence-electron chi connectivity index (χ4n) is 1.36. The summed E-state index contributed by atoms with van der Waals surface area (Å²) in [5.74, 6) is -0.398. The Bertz CT molecular complexity index is 154. The van der Waals surface area contributed by atoms with E-state index in [1.54, 1.807) is 7.11 Å². The molecule has 0 aromatic carbocycles. The van der Waals surface area contributed by atoms with Gasteiger partial charge in [0.15, 0.2) is 0 Å². The van der Waals surface area contributed by atoms with Gasteiger partial charge in [0.05, 0.1) is 6.61 Å². The van der Waals surface area contributed by atoms with Crippen molar-refractivity contribution >= 4 is 18.4 Å². The lowest BCUT2D eigenvalue weighted by molar-refractivity contribution is -0.139. The van der Waals surface area contributed by atoms with Crippen LogP contribution in [-0.4, -0.2) is 37.4 Å². The van der Waals surface area contributed by atoms with Crippen LogP contribution in [0.1, 0.15) is 6.42 Å². The van der Waals surface area contributed by atoms with Gasteiger partial charge in [-0.3, -0.25) is 4.79 Å². The largest absolute Gasteiger partial charge is 0.480 e. The second kappa shape index (κ2) is 5.35. The standard InChI is InChI=1S/C7H13NO3.ClH/c1-11-4-5-2-6(7(9)10)8-3-5;/h5-6,8H,2-4H2,1H3,(H,9,10);1H/t5-,6-;/m0./s1. The van der Waals surface area contributed by atoms with Crippen LogP contribution in [0, 0.1) is 5.92 Å². The van der Waals surface area contributed by atoms with Crippen molar-refractivity contribution in [3.05, 3.63) is 0 Å². The zero-order valence-electron chi connectivity index (χ0n) is 6.95. The molecule has 0 saturated carbocycles. The number of nitrogens with one attached hydrogen (secondary N) is 1. The number of hydrogen-bond donors (Lipinski definition) is 2. The SMILES string of the molecule is COC[C@@H]1CN[C@H](C(=O)O)C1.Cl. The highest BCUT2D eigenvalue weighted by Crippen LogP contribution is 2.13. The third-order valence-corrected chi connectivity index (χ3v) is 1.92. The van der Waals surface area contributed by atoms with Crippen LogP contribution in [-0.2, 0) is 9.53 Å². The summed E-state index contributed by atoms with van der Waals surface area (Å²) >= 11 is 0. The van der Waals surface area contributed by atoms with Crippen LogP contribution >= 0.6 is 12.4 Å². The number of rotatable bonds is 3. The van der Waals surface area contributed by atoms with Gasteiger partial charge >= 0.3 is 5.97 Å². The van der Waals surface area contributed by atoms with Gasteiger partial charge < -0.3 is 15.2 Å². The Hall–Kier alpha value is -0.320. The molecule has 0 radical (unpaired) electrons. The topological polar surface area (TPSA) is 58.6 Å². The van der Waals surface area contributed by atoms with Crippen LogP contribution in [0.4, 0.5) is 0 Å². The van der Waals surface area contributed by atoms with Gasteiger partial charge in [0.1, 0.15) is 6.04 Å². The van der Waals surface area contributed by atoms with E-state index >= 15 is 0 Å². The van der Waals surface area contributed by atoms with Crippen molar-refractivity contribution in [2.75, 3.05) is 20.3 Å². The molecule has 0 aromatic rings. The first kappa shape index (κ1) is 11.7. The Morgan fingerprint density at radius 2 is 2.42 bits per heavy atom. The fraction of sp³-hybridized carbons (Fsp3) is 0.857. The normalized spacial score (nSPS) is 28.1. The lowest BCUT2D eigenvalue weighted by Gasteiger charge is -2.04. The van der Waals surface area contributed by atoms with Crippen molar-refractivity contribution < 1.29 is 14.6 Å². The van der Waals surface area contributed by atoms with Gasteiger partial charge in [-0.25, -0.2) is 0 Å². The second-order valence-electron chi connectivity index (χ2n) is 2.86. The Balaban J connectivity index is 0.00000121. The summed E-state index contributed by atoms with van der Waals surface area (Å²) in [6, 6.07) is -0.366. The summed E-state index contributed by atoms with van der Waals surface area (Å²) in [5.41, 5.74) is 0. The Labute approximate surface area is 77.7 Å². The summed E-state index contributed by atoms with van der Waals surface area (Å²) < 4.78 is 4.92. The van der Waals surface area contributed by atoms with Gasteiger partial charge in [0.2, 0.25) is 0 Å². The molecular formula is C7H14ClNO3. The molecule has 2 N–H and O–H groups in total. The zero-order chi connectivity index (χ0) is 8.27. The van der Waals surface area contributed by atoms with Crippen LogP contribution < -0.4 is 5.32 Å². The third-order valence-electron chi connectivity index (χ3n) is 1.92. The summed E-state index contributed by atoms with van der Waals surface area (Å²) in [6.45, 7) is 1.40. The van der Waals surface area contributed by atoms with E-state index < -0.39 is 5.97 Å². The number of hydrogen-bond acceptors (Lipinski definition) is 3. The average molecular weight is 196 g/mol. The van der Waals surface area contributed by atoms with E-state index in [0.717, 1.165) is 6.54 Å². The molecule has 0 bridgehead atoms. The number of carboxylic acids is 1. The van der Waals surface area contributed by atoms with Crippen molar-refractivity contribution in [3.8, 4) is 0 Å². The minimum atomic E-state index is -0.761. The van der Waals surface area contributed by atoms with E-state index in [1.165, 1.54) is 0 Å². The van der Waals surface area contributed by atoms with Crippen molar-refractivity contribution in [2.45, 2.75) is 12.5 Å². The smallest absolute Gasteiger partial charge is 0.320 e. The van der Waals surface area contributed by atoms with Gasteiger partial charge in [-0.1, -0.05) is 0 Å². The minimum absolute atomic E-state index is 0. The first-order valence-corrected chi connectivity index (χ1v) is 3.69. The molecule has 0 unspecified atom stereocenters. The van der Waals surface area contributed by atoms with Crippen LogP contribution in [0.5, 0.6) is 0 Å². The first-order chi connectivity index (χ1) is 5.24. The Morgan fingerprint density at radius 1 is 1.75 bits per heavy atom. The van der Waals surface area contributed by atoms with Gasteiger partial charge in [-0.05, 0) is 12.3 Å². The fourth-order valence-corrected chi connectivity index (χ4v) is 1.36. The number of ether oxygens (including phenoxy) is 1. The Kier molecular flexibility index (Phi) is 5.20. The molecule has 1 heterocycles. The molecule has 0 amide bonds. The van der Waals surface area contributed by atoms with Gasteiger partial charge in [0.25, 0.3) is 0 Å². The van der Waals surface area contributed by atoms with Crippen LogP contribution in [0.25, 0.3) is 0 Å². The maximum absolute atomic E-state index is 10.4. The van der Waals surface area contributed by atoms with E-state index in [9.17, 15) is 4.79 Å². The molecule has 12 heavy (non-hydrogen) atoms. The first-order valence-electron chi connectivity index (χ1n) is 3.69. The highest BCUT2D eigenvalue weighted by Gasteiger charge is 2.28. The highest BCUT2D eigenvalue weighted by atomic mass is 35.5. The van der Waals surface area contributed by atoms with Crippen molar-refractivity contribution in [3.63, 3.8) is 0 Å². The monoisotopic (exact) mass is 195 g/mol. The predicted octanol–water partition coefficient (Wildman–Crippen LogP) is 0.117. The van der Waals surface area contributed by atoms with Crippen molar-refractivity contribution in [1.29, 1.82) is 0 Å². The van der Waals surface area contributed by atoms with Crippen LogP contribution in [0.15, 0.2) is 0 Å². The van der Waals surface area contributed by atoms with Gasteiger partial charge in [-0.2, -0.15) is 0 Å². The lowest BCUT2D eigenvalue weighted by atomic mass is 10.1. The van der Waals surface area contributed by atoms with Crippen molar-refractivity contribution in [2.24, 2.45) is 5.92 Å². The van der Waals surface area contributed by atoms with E-state index in [1.807, 2.05) is 0 Å². The summed E-state index contributed by atoms with van der Waals surface area (Å²) in [7, 11) is 1.63.